The molecule has 0 atom stereocenters. The molecule has 0 saturated heterocycles. The lowest BCUT2D eigenvalue weighted by Gasteiger charge is -2.21. The highest BCUT2D eigenvalue weighted by Gasteiger charge is 2.44. The summed E-state index contributed by atoms with van der Waals surface area (Å²) in [4.78, 5) is 13.6. The van der Waals surface area contributed by atoms with Crippen molar-refractivity contribution in [1.82, 2.24) is 0 Å². The van der Waals surface area contributed by atoms with Crippen molar-refractivity contribution in [3.05, 3.63) is 47.0 Å². The third-order valence-corrected chi connectivity index (χ3v) is 5.63. The highest BCUT2D eigenvalue weighted by atomic mass is 35.5. The average Bonchev–Trinajstić information content (AvgIpc) is 3.21. The molecular formula is C19H18ClNO3S. The maximum absolute atomic E-state index is 12.6. The van der Waals surface area contributed by atoms with Gasteiger partial charge < -0.3 is 14.8 Å². The van der Waals surface area contributed by atoms with Crippen LogP contribution < -0.4 is 14.8 Å². The molecule has 1 aliphatic carbocycles. The molecule has 130 valence electrons. The number of anilines is 1. The van der Waals surface area contributed by atoms with E-state index in [1.54, 1.807) is 23.9 Å². The SMILES string of the molecule is CSc1ccc(Cl)c(C(=O)Nc2ccc3c(c2)OC2(CCCC2)O3)c1. The number of benzene rings is 2. The Labute approximate surface area is 155 Å². The molecule has 1 fully saturated rings. The van der Waals surface area contributed by atoms with Crippen LogP contribution in [0.2, 0.25) is 5.02 Å². The van der Waals surface area contributed by atoms with E-state index in [1.165, 1.54) is 0 Å². The van der Waals surface area contributed by atoms with Crippen LogP contribution in [0.5, 0.6) is 11.5 Å². The Bertz CT molecular complexity index is 833. The van der Waals surface area contributed by atoms with Gasteiger partial charge in [-0.2, -0.15) is 0 Å². The number of carbonyl (C=O) groups is 1. The van der Waals surface area contributed by atoms with Crippen molar-refractivity contribution in [3.63, 3.8) is 0 Å². The lowest BCUT2D eigenvalue weighted by Crippen LogP contribution is -2.34. The lowest BCUT2D eigenvalue weighted by molar-refractivity contribution is -0.0716. The summed E-state index contributed by atoms with van der Waals surface area (Å²) in [7, 11) is 0. The van der Waals surface area contributed by atoms with Crippen molar-refractivity contribution in [3.8, 4) is 11.5 Å². The summed E-state index contributed by atoms with van der Waals surface area (Å²) in [5.74, 6) is 0.683. The minimum Gasteiger partial charge on any atom is -0.448 e. The van der Waals surface area contributed by atoms with Crippen molar-refractivity contribution in [2.75, 3.05) is 11.6 Å². The monoisotopic (exact) mass is 375 g/mol. The molecule has 1 N–H and O–H groups in total. The Morgan fingerprint density at radius 2 is 1.88 bits per heavy atom. The minimum absolute atomic E-state index is 0.240. The van der Waals surface area contributed by atoms with Crippen molar-refractivity contribution in [2.24, 2.45) is 0 Å². The Hall–Kier alpha value is -1.85. The molecule has 1 saturated carbocycles. The molecule has 0 aromatic heterocycles. The first-order chi connectivity index (χ1) is 12.1. The number of carbonyl (C=O) groups excluding carboxylic acids is 1. The number of ether oxygens (including phenoxy) is 2. The molecular weight excluding hydrogens is 358 g/mol. The predicted octanol–water partition coefficient (Wildman–Crippen LogP) is 5.36. The topological polar surface area (TPSA) is 47.6 Å². The summed E-state index contributed by atoms with van der Waals surface area (Å²) in [5, 5.41) is 3.32. The van der Waals surface area contributed by atoms with Crippen LogP contribution in [-0.4, -0.2) is 18.0 Å². The number of amides is 1. The van der Waals surface area contributed by atoms with Gasteiger partial charge in [-0.3, -0.25) is 4.79 Å². The fourth-order valence-electron chi connectivity index (χ4n) is 3.29. The second kappa shape index (κ2) is 6.46. The fourth-order valence-corrected chi connectivity index (χ4v) is 3.94. The van der Waals surface area contributed by atoms with Crippen molar-refractivity contribution in [1.29, 1.82) is 0 Å². The summed E-state index contributed by atoms with van der Waals surface area (Å²) < 4.78 is 12.0. The fraction of sp³-hybridized carbons (Fsp3) is 0.316. The number of rotatable bonds is 3. The zero-order valence-corrected chi connectivity index (χ0v) is 15.4. The molecule has 4 rings (SSSR count). The number of halogens is 1. The van der Waals surface area contributed by atoms with Gasteiger partial charge in [0.05, 0.1) is 10.6 Å². The third-order valence-electron chi connectivity index (χ3n) is 4.58. The van der Waals surface area contributed by atoms with Crippen LogP contribution in [0.25, 0.3) is 0 Å². The number of hydrogen-bond donors (Lipinski definition) is 1. The predicted molar refractivity (Wildman–Crippen MR) is 100 cm³/mol. The number of nitrogens with one attached hydrogen (secondary N) is 1. The highest BCUT2D eigenvalue weighted by molar-refractivity contribution is 7.98. The zero-order chi connectivity index (χ0) is 17.4. The maximum atomic E-state index is 12.6. The largest absolute Gasteiger partial charge is 0.448 e. The molecule has 4 nitrogen and oxygen atoms in total. The molecule has 1 amide bonds. The van der Waals surface area contributed by atoms with E-state index in [0.29, 0.717) is 22.0 Å². The molecule has 1 aliphatic heterocycles. The smallest absolute Gasteiger partial charge is 0.257 e. The maximum Gasteiger partial charge on any atom is 0.257 e. The van der Waals surface area contributed by atoms with Gasteiger partial charge in [0, 0.05) is 29.5 Å². The Balaban J connectivity index is 1.54. The molecule has 0 radical (unpaired) electrons. The summed E-state index contributed by atoms with van der Waals surface area (Å²) in [6, 6.07) is 10.9. The summed E-state index contributed by atoms with van der Waals surface area (Å²) >= 11 is 7.74. The van der Waals surface area contributed by atoms with Crippen LogP contribution in [0, 0.1) is 0 Å². The van der Waals surface area contributed by atoms with Crippen LogP contribution in [0.15, 0.2) is 41.3 Å². The Morgan fingerprint density at radius 1 is 1.12 bits per heavy atom. The summed E-state index contributed by atoms with van der Waals surface area (Å²) in [5.41, 5.74) is 1.12. The van der Waals surface area contributed by atoms with E-state index in [-0.39, 0.29) is 5.91 Å². The van der Waals surface area contributed by atoms with Crippen molar-refractivity contribution < 1.29 is 14.3 Å². The second-order valence-corrected chi connectivity index (χ2v) is 7.57. The van der Waals surface area contributed by atoms with Gasteiger partial charge in [-0.25, -0.2) is 0 Å². The molecule has 25 heavy (non-hydrogen) atoms. The summed E-state index contributed by atoms with van der Waals surface area (Å²) in [6.45, 7) is 0. The van der Waals surface area contributed by atoms with E-state index in [0.717, 1.165) is 36.3 Å². The van der Waals surface area contributed by atoms with Gasteiger partial charge in [-0.05, 0) is 49.4 Å². The molecule has 1 spiro atoms. The molecule has 2 aromatic carbocycles. The number of hydrogen-bond acceptors (Lipinski definition) is 4. The standard InChI is InChI=1S/C19H18ClNO3S/c1-25-13-5-6-15(20)14(11-13)18(22)21-12-4-7-16-17(10-12)24-19(23-16)8-2-3-9-19/h4-7,10-11H,2-3,8-9H2,1H3,(H,21,22). The van der Waals surface area contributed by atoms with Crippen LogP contribution >= 0.6 is 23.4 Å². The van der Waals surface area contributed by atoms with E-state index >= 15 is 0 Å². The molecule has 0 unspecified atom stereocenters. The molecule has 2 aliphatic rings. The third kappa shape index (κ3) is 3.18. The molecule has 0 bridgehead atoms. The summed E-state index contributed by atoms with van der Waals surface area (Å²) in [6.07, 6.45) is 5.99. The minimum atomic E-state index is -0.499. The van der Waals surface area contributed by atoms with E-state index < -0.39 is 5.79 Å². The van der Waals surface area contributed by atoms with Gasteiger partial charge in [0.25, 0.3) is 11.7 Å². The number of fused-ring (bicyclic) bond motifs is 1. The van der Waals surface area contributed by atoms with E-state index in [4.69, 9.17) is 21.1 Å². The zero-order valence-electron chi connectivity index (χ0n) is 13.8. The highest BCUT2D eigenvalue weighted by Crippen LogP contribution is 2.47. The normalized spacial score (nSPS) is 17.0. The first kappa shape index (κ1) is 16.6. The lowest BCUT2D eigenvalue weighted by atomic mass is 10.2. The van der Waals surface area contributed by atoms with Gasteiger partial charge in [0.1, 0.15) is 0 Å². The van der Waals surface area contributed by atoms with Crippen molar-refractivity contribution in [2.45, 2.75) is 36.4 Å². The van der Waals surface area contributed by atoms with Crippen LogP contribution in [-0.2, 0) is 0 Å². The first-order valence-corrected chi connectivity index (χ1v) is 9.86. The van der Waals surface area contributed by atoms with Crippen LogP contribution in [0.4, 0.5) is 5.69 Å². The van der Waals surface area contributed by atoms with Crippen LogP contribution in [0.3, 0.4) is 0 Å². The Morgan fingerprint density at radius 3 is 2.64 bits per heavy atom. The quantitative estimate of drug-likeness (QED) is 0.734. The molecule has 2 aromatic rings. The van der Waals surface area contributed by atoms with E-state index in [1.807, 2.05) is 30.5 Å². The molecule has 6 heteroatoms. The Kier molecular flexibility index (Phi) is 4.29. The van der Waals surface area contributed by atoms with E-state index in [9.17, 15) is 4.79 Å². The van der Waals surface area contributed by atoms with Gasteiger partial charge in [-0.15, -0.1) is 11.8 Å². The molecule has 1 heterocycles. The average molecular weight is 376 g/mol. The van der Waals surface area contributed by atoms with Crippen LogP contribution in [0.1, 0.15) is 36.0 Å². The van der Waals surface area contributed by atoms with Gasteiger partial charge in [0.15, 0.2) is 11.5 Å². The van der Waals surface area contributed by atoms with Gasteiger partial charge in [-0.1, -0.05) is 11.6 Å². The first-order valence-electron chi connectivity index (χ1n) is 8.26. The number of thioether (sulfide) groups is 1. The van der Waals surface area contributed by atoms with Gasteiger partial charge in [0.2, 0.25) is 0 Å². The van der Waals surface area contributed by atoms with E-state index in [2.05, 4.69) is 5.32 Å². The van der Waals surface area contributed by atoms with Gasteiger partial charge >= 0.3 is 0 Å². The van der Waals surface area contributed by atoms with Crippen molar-refractivity contribution >= 4 is 35.0 Å². The second-order valence-electron chi connectivity index (χ2n) is 6.28.